The molecule has 0 spiro atoms. The zero-order chi connectivity index (χ0) is 17.8. The van der Waals surface area contributed by atoms with E-state index in [4.69, 9.17) is 15.0 Å². The molecular weight excluding hydrogens is 354 g/mol. The third-order valence-electron chi connectivity index (χ3n) is 4.81. The maximum absolute atomic E-state index is 12.4. The van der Waals surface area contributed by atoms with Crippen molar-refractivity contribution in [2.24, 2.45) is 11.7 Å². The van der Waals surface area contributed by atoms with E-state index in [0.29, 0.717) is 25.5 Å². The van der Waals surface area contributed by atoms with Crippen molar-refractivity contribution < 1.29 is 14.1 Å². The van der Waals surface area contributed by atoms with Gasteiger partial charge in [0.1, 0.15) is 18.1 Å². The molecule has 1 aromatic heterocycles. The maximum Gasteiger partial charge on any atom is 0.226 e. The fourth-order valence-electron chi connectivity index (χ4n) is 3.10. The Morgan fingerprint density at radius 2 is 2.08 bits per heavy atom. The fraction of sp³-hybridized carbons (Fsp3) is 0.474. The minimum absolute atomic E-state index is 0. The van der Waals surface area contributed by atoms with Crippen molar-refractivity contribution in [3.8, 4) is 5.75 Å². The molecule has 26 heavy (non-hydrogen) atoms. The second-order valence-electron chi connectivity index (χ2n) is 6.64. The van der Waals surface area contributed by atoms with Crippen molar-refractivity contribution in [3.63, 3.8) is 0 Å². The number of hydrogen-bond acceptors (Lipinski definition) is 5. The van der Waals surface area contributed by atoms with Crippen LogP contribution >= 0.6 is 12.4 Å². The molecule has 1 atom stereocenters. The Morgan fingerprint density at radius 3 is 2.65 bits per heavy atom. The van der Waals surface area contributed by atoms with Crippen LogP contribution in [-0.2, 0) is 17.8 Å². The lowest BCUT2D eigenvalue weighted by Gasteiger charge is -2.16. The number of likely N-dealkylation sites (tertiary alicyclic amines) is 1. The predicted octanol–water partition coefficient (Wildman–Crippen LogP) is 2.64. The number of aromatic nitrogens is 1. The molecule has 1 aromatic carbocycles. The lowest BCUT2D eigenvalue weighted by molar-refractivity contribution is -0.129. The summed E-state index contributed by atoms with van der Waals surface area (Å²) in [5, 5.41) is 3.92. The summed E-state index contributed by atoms with van der Waals surface area (Å²) in [6.07, 6.45) is 1.43. The van der Waals surface area contributed by atoms with Crippen LogP contribution in [0, 0.1) is 19.8 Å². The summed E-state index contributed by atoms with van der Waals surface area (Å²) in [5.74, 6) is 2.16. The minimum atomic E-state index is 0. The molecule has 2 aromatic rings. The monoisotopic (exact) mass is 379 g/mol. The molecule has 3 rings (SSSR count). The Bertz CT molecular complexity index is 711. The van der Waals surface area contributed by atoms with Gasteiger partial charge >= 0.3 is 0 Å². The van der Waals surface area contributed by atoms with Gasteiger partial charge in [0.15, 0.2) is 0 Å². The second kappa shape index (κ2) is 9.05. The van der Waals surface area contributed by atoms with Gasteiger partial charge in [0.05, 0.1) is 17.7 Å². The minimum Gasteiger partial charge on any atom is -0.489 e. The Balaban J connectivity index is 0.00000243. The van der Waals surface area contributed by atoms with Crippen LogP contribution in [0.1, 0.15) is 29.0 Å². The first-order valence-corrected chi connectivity index (χ1v) is 8.68. The number of halogens is 1. The first kappa shape index (κ1) is 20.3. The summed E-state index contributed by atoms with van der Waals surface area (Å²) >= 11 is 0. The molecular formula is C19H26ClN3O3. The van der Waals surface area contributed by atoms with Gasteiger partial charge in [-0.25, -0.2) is 0 Å². The molecule has 1 amide bonds. The summed E-state index contributed by atoms with van der Waals surface area (Å²) in [6, 6.07) is 7.68. The van der Waals surface area contributed by atoms with Crippen LogP contribution in [0.25, 0.3) is 0 Å². The van der Waals surface area contributed by atoms with Gasteiger partial charge in [-0.3, -0.25) is 4.79 Å². The number of hydrogen-bond donors (Lipinski definition) is 1. The highest BCUT2D eigenvalue weighted by atomic mass is 35.5. The largest absolute Gasteiger partial charge is 0.489 e. The SMILES string of the molecule is Cc1noc(C)c1COc1ccc(CC(=O)N2CCC(CN)C2)cc1.Cl. The van der Waals surface area contributed by atoms with Gasteiger partial charge in [-0.05, 0) is 50.4 Å². The van der Waals surface area contributed by atoms with Crippen LogP contribution in [0.3, 0.4) is 0 Å². The van der Waals surface area contributed by atoms with Crippen LogP contribution < -0.4 is 10.5 Å². The van der Waals surface area contributed by atoms with Crippen molar-refractivity contribution >= 4 is 18.3 Å². The summed E-state index contributed by atoms with van der Waals surface area (Å²) in [5.41, 5.74) is 8.50. The van der Waals surface area contributed by atoms with Crippen molar-refractivity contribution in [3.05, 3.63) is 46.8 Å². The molecule has 1 saturated heterocycles. The molecule has 1 aliphatic rings. The average Bonchev–Trinajstić information content (AvgIpc) is 3.22. The van der Waals surface area contributed by atoms with Gasteiger partial charge in [-0.15, -0.1) is 12.4 Å². The first-order chi connectivity index (χ1) is 12.1. The highest BCUT2D eigenvalue weighted by molar-refractivity contribution is 5.85. The number of aryl methyl sites for hydroxylation is 2. The number of rotatable bonds is 6. The number of nitrogens with zero attached hydrogens (tertiary/aromatic N) is 2. The van der Waals surface area contributed by atoms with E-state index in [-0.39, 0.29) is 18.3 Å². The Kier molecular flexibility index (Phi) is 7.06. The lowest BCUT2D eigenvalue weighted by Crippen LogP contribution is -2.31. The smallest absolute Gasteiger partial charge is 0.226 e. The number of carbonyl (C=O) groups is 1. The van der Waals surface area contributed by atoms with E-state index in [1.54, 1.807) is 0 Å². The molecule has 1 aliphatic heterocycles. The van der Waals surface area contributed by atoms with Crippen LogP contribution in [0.4, 0.5) is 0 Å². The third-order valence-corrected chi connectivity index (χ3v) is 4.81. The Morgan fingerprint density at radius 1 is 1.35 bits per heavy atom. The van der Waals surface area contributed by atoms with E-state index in [9.17, 15) is 4.79 Å². The molecule has 142 valence electrons. The topological polar surface area (TPSA) is 81.6 Å². The normalized spacial score (nSPS) is 16.4. The fourth-order valence-corrected chi connectivity index (χ4v) is 3.10. The molecule has 2 heterocycles. The maximum atomic E-state index is 12.4. The van der Waals surface area contributed by atoms with Crippen molar-refractivity contribution in [2.45, 2.75) is 33.3 Å². The van der Waals surface area contributed by atoms with Crippen LogP contribution in [0.5, 0.6) is 5.75 Å². The molecule has 2 N–H and O–H groups in total. The number of carbonyl (C=O) groups excluding carboxylic acids is 1. The quantitative estimate of drug-likeness (QED) is 0.834. The highest BCUT2D eigenvalue weighted by Crippen LogP contribution is 2.20. The van der Waals surface area contributed by atoms with E-state index in [0.717, 1.165) is 47.8 Å². The Labute approximate surface area is 160 Å². The number of amides is 1. The van der Waals surface area contributed by atoms with Crippen molar-refractivity contribution in [2.75, 3.05) is 19.6 Å². The van der Waals surface area contributed by atoms with Gasteiger partial charge in [0, 0.05) is 13.1 Å². The number of ether oxygens (including phenoxy) is 1. The van der Waals surface area contributed by atoms with E-state index in [2.05, 4.69) is 5.16 Å². The molecule has 6 nitrogen and oxygen atoms in total. The molecule has 1 unspecified atom stereocenters. The number of nitrogens with two attached hydrogens (primary N) is 1. The molecule has 7 heteroatoms. The van der Waals surface area contributed by atoms with Gasteiger partial charge in [-0.1, -0.05) is 17.3 Å². The van der Waals surface area contributed by atoms with Crippen molar-refractivity contribution in [1.82, 2.24) is 10.1 Å². The zero-order valence-corrected chi connectivity index (χ0v) is 16.1. The highest BCUT2D eigenvalue weighted by Gasteiger charge is 2.25. The van der Waals surface area contributed by atoms with Gasteiger partial charge in [0.2, 0.25) is 5.91 Å². The second-order valence-corrected chi connectivity index (χ2v) is 6.64. The summed E-state index contributed by atoms with van der Waals surface area (Å²) in [7, 11) is 0. The molecule has 1 fully saturated rings. The summed E-state index contributed by atoms with van der Waals surface area (Å²) < 4.78 is 10.9. The van der Waals surface area contributed by atoms with Crippen LogP contribution in [0.15, 0.2) is 28.8 Å². The van der Waals surface area contributed by atoms with Gasteiger partial charge in [0.25, 0.3) is 0 Å². The molecule has 0 saturated carbocycles. The van der Waals surface area contributed by atoms with E-state index >= 15 is 0 Å². The standard InChI is InChI=1S/C19H25N3O3.ClH/c1-13-18(14(2)25-21-13)12-24-17-5-3-15(4-6-17)9-19(23)22-8-7-16(10-20)11-22;/h3-6,16H,7-12,20H2,1-2H3;1H. The molecule has 0 bridgehead atoms. The zero-order valence-electron chi connectivity index (χ0n) is 15.2. The summed E-state index contributed by atoms with van der Waals surface area (Å²) in [6.45, 7) is 6.46. The number of benzene rings is 1. The van der Waals surface area contributed by atoms with E-state index < -0.39 is 0 Å². The van der Waals surface area contributed by atoms with Crippen molar-refractivity contribution in [1.29, 1.82) is 0 Å². The van der Waals surface area contributed by atoms with Crippen LogP contribution in [0.2, 0.25) is 0 Å². The van der Waals surface area contributed by atoms with Gasteiger partial charge < -0.3 is 19.9 Å². The Hall–Kier alpha value is -2.05. The van der Waals surface area contributed by atoms with E-state index in [1.807, 2.05) is 43.0 Å². The average molecular weight is 380 g/mol. The molecule has 0 radical (unpaired) electrons. The van der Waals surface area contributed by atoms with Gasteiger partial charge in [-0.2, -0.15) is 0 Å². The third kappa shape index (κ3) is 4.77. The predicted molar refractivity (Wildman–Crippen MR) is 101 cm³/mol. The molecule has 0 aliphatic carbocycles. The lowest BCUT2D eigenvalue weighted by atomic mass is 10.1. The summed E-state index contributed by atoms with van der Waals surface area (Å²) in [4.78, 5) is 14.3. The van der Waals surface area contributed by atoms with Crippen LogP contribution in [-0.4, -0.2) is 35.6 Å². The first-order valence-electron chi connectivity index (χ1n) is 8.68. The van der Waals surface area contributed by atoms with E-state index in [1.165, 1.54) is 0 Å².